The smallest absolute Gasteiger partial charge is 0.273 e. The lowest BCUT2D eigenvalue weighted by molar-refractivity contribution is 0.0941. The largest absolute Gasteiger partial charge is 0.360 e. The minimum atomic E-state index is -0.159. The van der Waals surface area contributed by atoms with Crippen LogP contribution in [0.2, 0.25) is 5.02 Å². The average Bonchev–Trinajstić information content (AvgIpc) is 3.42. The van der Waals surface area contributed by atoms with Crippen LogP contribution >= 0.6 is 23.8 Å². The number of halogens is 1. The highest BCUT2D eigenvalue weighted by Crippen LogP contribution is 2.28. The Kier molecular flexibility index (Phi) is 5.31. The molecule has 0 unspecified atom stereocenters. The standard InChI is InChI=1S/C19H21ClN4O2S/c20-14-5-3-13(4-6-14)10-22-19(27)24-8-7-16-15(11-24)17(23-26-16)18(25)21-9-12-1-2-12/h3-6,12H,1-2,7-11H2,(H,21,25)(H,22,27). The van der Waals surface area contributed by atoms with E-state index in [4.69, 9.17) is 28.3 Å². The van der Waals surface area contributed by atoms with Crippen LogP contribution in [0.4, 0.5) is 0 Å². The number of carbonyl (C=O) groups excluding carboxylic acids is 1. The zero-order valence-electron chi connectivity index (χ0n) is 14.8. The lowest BCUT2D eigenvalue weighted by Gasteiger charge is -2.28. The number of rotatable bonds is 5. The van der Waals surface area contributed by atoms with Gasteiger partial charge in [0.15, 0.2) is 10.8 Å². The molecule has 1 amide bonds. The minimum Gasteiger partial charge on any atom is -0.360 e. The first kappa shape index (κ1) is 18.3. The topological polar surface area (TPSA) is 70.4 Å². The molecule has 0 bridgehead atoms. The number of nitrogens with zero attached hydrogens (tertiary/aromatic N) is 2. The molecule has 8 heteroatoms. The molecule has 0 spiro atoms. The van der Waals surface area contributed by atoms with Gasteiger partial charge in [-0.05, 0) is 48.7 Å². The molecule has 1 aromatic carbocycles. The molecule has 1 aromatic heterocycles. The van der Waals surface area contributed by atoms with E-state index in [-0.39, 0.29) is 5.91 Å². The number of hydrogen-bond donors (Lipinski definition) is 2. The van der Waals surface area contributed by atoms with Crippen molar-refractivity contribution in [2.24, 2.45) is 5.92 Å². The molecule has 2 aromatic rings. The van der Waals surface area contributed by atoms with E-state index in [0.717, 1.165) is 23.4 Å². The van der Waals surface area contributed by atoms with E-state index in [2.05, 4.69) is 15.8 Å². The molecule has 0 radical (unpaired) electrons. The monoisotopic (exact) mass is 404 g/mol. The Bertz CT molecular complexity index is 848. The lowest BCUT2D eigenvalue weighted by atomic mass is 10.1. The fourth-order valence-electron chi connectivity index (χ4n) is 3.10. The van der Waals surface area contributed by atoms with E-state index in [1.807, 2.05) is 29.2 Å². The molecule has 1 aliphatic carbocycles. The summed E-state index contributed by atoms with van der Waals surface area (Å²) in [6.07, 6.45) is 3.07. The van der Waals surface area contributed by atoms with Gasteiger partial charge in [0.05, 0.1) is 6.54 Å². The summed E-state index contributed by atoms with van der Waals surface area (Å²) in [7, 11) is 0. The van der Waals surface area contributed by atoms with Gasteiger partial charge in [-0.25, -0.2) is 0 Å². The van der Waals surface area contributed by atoms with E-state index in [1.54, 1.807) is 0 Å². The lowest BCUT2D eigenvalue weighted by Crippen LogP contribution is -2.42. The molecule has 1 aliphatic heterocycles. The van der Waals surface area contributed by atoms with Crippen molar-refractivity contribution in [1.29, 1.82) is 0 Å². The van der Waals surface area contributed by atoms with E-state index < -0.39 is 0 Å². The summed E-state index contributed by atoms with van der Waals surface area (Å²) in [4.78, 5) is 14.5. The number of hydrogen-bond acceptors (Lipinski definition) is 4. The summed E-state index contributed by atoms with van der Waals surface area (Å²) in [6.45, 7) is 2.60. The van der Waals surface area contributed by atoms with Crippen LogP contribution in [0.3, 0.4) is 0 Å². The summed E-state index contributed by atoms with van der Waals surface area (Å²) < 4.78 is 5.39. The number of carbonyl (C=O) groups is 1. The van der Waals surface area contributed by atoms with Crippen LogP contribution in [-0.2, 0) is 19.5 Å². The van der Waals surface area contributed by atoms with Crippen LogP contribution in [0.15, 0.2) is 28.8 Å². The zero-order valence-corrected chi connectivity index (χ0v) is 16.4. The highest BCUT2D eigenvalue weighted by molar-refractivity contribution is 7.80. The fourth-order valence-corrected chi connectivity index (χ4v) is 3.45. The Morgan fingerprint density at radius 3 is 2.81 bits per heavy atom. The maximum atomic E-state index is 12.4. The summed E-state index contributed by atoms with van der Waals surface area (Å²) in [5, 5.41) is 11.6. The van der Waals surface area contributed by atoms with Crippen molar-refractivity contribution in [2.45, 2.75) is 32.4 Å². The Labute approximate surface area is 168 Å². The molecule has 2 heterocycles. The first-order valence-corrected chi connectivity index (χ1v) is 9.91. The highest BCUT2D eigenvalue weighted by Gasteiger charge is 2.29. The average molecular weight is 405 g/mol. The van der Waals surface area contributed by atoms with E-state index in [0.29, 0.717) is 47.8 Å². The second-order valence-electron chi connectivity index (χ2n) is 7.04. The number of benzene rings is 1. The van der Waals surface area contributed by atoms with Gasteiger partial charge < -0.3 is 20.1 Å². The van der Waals surface area contributed by atoms with Gasteiger partial charge in [0.2, 0.25) is 0 Å². The first-order valence-electron chi connectivity index (χ1n) is 9.13. The molecule has 6 nitrogen and oxygen atoms in total. The van der Waals surface area contributed by atoms with Crippen LogP contribution in [-0.4, -0.2) is 34.2 Å². The predicted octanol–water partition coefficient (Wildman–Crippen LogP) is 2.90. The molecule has 4 rings (SSSR count). The number of aromatic nitrogens is 1. The van der Waals surface area contributed by atoms with Gasteiger partial charge in [0.1, 0.15) is 5.76 Å². The van der Waals surface area contributed by atoms with Crippen molar-refractivity contribution in [3.8, 4) is 0 Å². The van der Waals surface area contributed by atoms with Gasteiger partial charge in [0.25, 0.3) is 5.91 Å². The first-order chi connectivity index (χ1) is 13.1. The summed E-state index contributed by atoms with van der Waals surface area (Å²) in [6, 6.07) is 7.65. The molecular weight excluding hydrogens is 384 g/mol. The third-order valence-electron chi connectivity index (χ3n) is 4.93. The zero-order chi connectivity index (χ0) is 18.8. The quantitative estimate of drug-likeness (QED) is 0.747. The fraction of sp³-hybridized carbons (Fsp3) is 0.421. The van der Waals surface area contributed by atoms with Crippen molar-refractivity contribution in [3.63, 3.8) is 0 Å². The number of thiocarbonyl (C=S) groups is 1. The third kappa shape index (κ3) is 4.42. The Balaban J connectivity index is 1.36. The number of fused-ring (bicyclic) bond motifs is 1. The van der Waals surface area contributed by atoms with Crippen molar-refractivity contribution in [1.82, 2.24) is 20.7 Å². The summed E-state index contributed by atoms with van der Waals surface area (Å²) in [5.41, 5.74) is 2.32. The molecule has 0 saturated heterocycles. The van der Waals surface area contributed by atoms with Gasteiger partial charge in [-0.3, -0.25) is 4.79 Å². The van der Waals surface area contributed by atoms with Crippen molar-refractivity contribution < 1.29 is 9.32 Å². The molecule has 142 valence electrons. The van der Waals surface area contributed by atoms with Crippen LogP contribution in [0.1, 0.15) is 40.2 Å². The van der Waals surface area contributed by atoms with Gasteiger partial charge in [-0.2, -0.15) is 0 Å². The number of nitrogens with one attached hydrogen (secondary N) is 2. The van der Waals surface area contributed by atoms with Crippen LogP contribution in [0, 0.1) is 5.92 Å². The highest BCUT2D eigenvalue weighted by atomic mass is 35.5. The Morgan fingerprint density at radius 1 is 1.30 bits per heavy atom. The maximum absolute atomic E-state index is 12.4. The third-order valence-corrected chi connectivity index (χ3v) is 5.59. The summed E-state index contributed by atoms with van der Waals surface area (Å²) >= 11 is 11.5. The van der Waals surface area contributed by atoms with Crippen LogP contribution in [0.25, 0.3) is 0 Å². The molecule has 2 N–H and O–H groups in total. The SMILES string of the molecule is O=C(NCC1CC1)c1noc2c1CN(C(=S)NCc1ccc(Cl)cc1)CC2. The molecular formula is C19H21ClN4O2S. The molecule has 0 atom stereocenters. The Hall–Kier alpha value is -2.12. The van der Waals surface area contributed by atoms with Crippen molar-refractivity contribution >= 4 is 34.8 Å². The number of amides is 1. The van der Waals surface area contributed by atoms with Gasteiger partial charge in [-0.1, -0.05) is 28.9 Å². The predicted molar refractivity (Wildman–Crippen MR) is 107 cm³/mol. The van der Waals surface area contributed by atoms with E-state index in [9.17, 15) is 4.79 Å². The normalized spacial score (nSPS) is 16.0. The van der Waals surface area contributed by atoms with Gasteiger partial charge in [0, 0.05) is 36.6 Å². The van der Waals surface area contributed by atoms with Crippen molar-refractivity contribution in [3.05, 3.63) is 51.9 Å². The van der Waals surface area contributed by atoms with E-state index in [1.165, 1.54) is 12.8 Å². The maximum Gasteiger partial charge on any atom is 0.273 e. The van der Waals surface area contributed by atoms with Gasteiger partial charge >= 0.3 is 0 Å². The molecule has 1 fully saturated rings. The second-order valence-corrected chi connectivity index (χ2v) is 7.87. The van der Waals surface area contributed by atoms with Crippen LogP contribution in [0.5, 0.6) is 0 Å². The Morgan fingerprint density at radius 2 is 2.07 bits per heavy atom. The minimum absolute atomic E-state index is 0.159. The van der Waals surface area contributed by atoms with Crippen molar-refractivity contribution in [2.75, 3.05) is 13.1 Å². The van der Waals surface area contributed by atoms with E-state index >= 15 is 0 Å². The molecule has 2 aliphatic rings. The van der Waals surface area contributed by atoms with Crippen LogP contribution < -0.4 is 10.6 Å². The van der Waals surface area contributed by atoms with Gasteiger partial charge in [-0.15, -0.1) is 0 Å². The molecule has 1 saturated carbocycles. The molecule has 27 heavy (non-hydrogen) atoms. The summed E-state index contributed by atoms with van der Waals surface area (Å²) in [5.74, 6) is 1.25. The second kappa shape index (κ2) is 7.86.